The summed E-state index contributed by atoms with van der Waals surface area (Å²) in [5, 5.41) is 3.56. The number of Topliss-reactive ketones (excluding diaryl/α,β-unsaturated/α-hetero) is 1. The van der Waals surface area contributed by atoms with Gasteiger partial charge in [0.1, 0.15) is 6.54 Å². The number of nitrogens with one attached hydrogen (secondary N) is 2. The molecule has 0 saturated heterocycles. The molecular weight excluding hydrogens is 336 g/mol. The fourth-order valence-corrected chi connectivity index (χ4v) is 2.80. The van der Waals surface area contributed by atoms with Crippen molar-refractivity contribution in [2.45, 2.75) is 25.9 Å². The van der Waals surface area contributed by atoms with Gasteiger partial charge in [-0.1, -0.05) is 54.1 Å². The Bertz CT molecular complexity index is 701. The Morgan fingerprint density at radius 2 is 1.68 bits per heavy atom. The largest absolute Gasteiger partial charge is 0.341 e. The first-order valence-electron chi connectivity index (χ1n) is 8.33. The van der Waals surface area contributed by atoms with E-state index in [4.69, 9.17) is 11.6 Å². The van der Waals surface area contributed by atoms with Crippen molar-refractivity contribution < 1.29 is 14.5 Å². The zero-order valence-corrected chi connectivity index (χ0v) is 15.3. The molecular formula is C20H24ClN2O2+. The molecule has 2 atom stereocenters. The van der Waals surface area contributed by atoms with Crippen LogP contribution in [0.15, 0.2) is 54.6 Å². The lowest BCUT2D eigenvalue weighted by Gasteiger charge is -2.18. The number of hydrogen-bond acceptors (Lipinski definition) is 2. The highest BCUT2D eigenvalue weighted by molar-refractivity contribution is 6.30. The van der Waals surface area contributed by atoms with Crippen molar-refractivity contribution in [3.8, 4) is 0 Å². The Kier molecular flexibility index (Phi) is 7.16. The van der Waals surface area contributed by atoms with Crippen molar-refractivity contribution in [1.82, 2.24) is 5.32 Å². The van der Waals surface area contributed by atoms with Crippen molar-refractivity contribution >= 4 is 23.3 Å². The highest BCUT2D eigenvalue weighted by atomic mass is 35.5. The first-order chi connectivity index (χ1) is 11.9. The summed E-state index contributed by atoms with van der Waals surface area (Å²) in [5.41, 5.74) is 2.15. The minimum Gasteiger partial charge on any atom is -0.341 e. The molecule has 0 spiro atoms. The number of quaternary nitrogens is 1. The molecule has 1 unspecified atom stereocenters. The second kappa shape index (κ2) is 9.35. The van der Waals surface area contributed by atoms with Gasteiger partial charge in [0.2, 0.25) is 0 Å². The number of carbonyl (C=O) groups is 2. The van der Waals surface area contributed by atoms with Crippen LogP contribution in [0.1, 0.15) is 18.1 Å². The number of carbonyl (C=O) groups excluding carboxylic acids is 2. The van der Waals surface area contributed by atoms with Gasteiger partial charge in [0.05, 0.1) is 13.1 Å². The third-order valence-corrected chi connectivity index (χ3v) is 4.24. The van der Waals surface area contributed by atoms with Crippen molar-refractivity contribution in [2.75, 3.05) is 13.6 Å². The van der Waals surface area contributed by atoms with Crippen LogP contribution in [0, 0.1) is 0 Å². The van der Waals surface area contributed by atoms with Crippen LogP contribution in [0.2, 0.25) is 5.02 Å². The second-order valence-electron chi connectivity index (χ2n) is 6.36. The normalized spacial score (nSPS) is 13.1. The second-order valence-corrected chi connectivity index (χ2v) is 6.79. The van der Waals surface area contributed by atoms with E-state index in [-0.39, 0.29) is 11.7 Å². The number of amides is 1. The summed E-state index contributed by atoms with van der Waals surface area (Å²) in [6.45, 7) is 2.54. The van der Waals surface area contributed by atoms with Gasteiger partial charge in [-0.25, -0.2) is 0 Å². The number of benzene rings is 2. The molecule has 1 amide bonds. The Balaban J connectivity index is 1.87. The highest BCUT2D eigenvalue weighted by Gasteiger charge is 2.19. The summed E-state index contributed by atoms with van der Waals surface area (Å²) in [4.78, 5) is 25.2. The fraction of sp³-hybridized carbons (Fsp3) is 0.300. The van der Waals surface area contributed by atoms with Gasteiger partial charge in [0, 0.05) is 10.6 Å². The molecule has 2 rings (SSSR count). The number of halogens is 1. The van der Waals surface area contributed by atoms with Gasteiger partial charge < -0.3 is 10.2 Å². The van der Waals surface area contributed by atoms with Crippen LogP contribution in [0.5, 0.6) is 0 Å². The predicted octanol–water partition coefficient (Wildman–Crippen LogP) is 1.67. The minimum absolute atomic E-state index is 0.0347. The van der Waals surface area contributed by atoms with E-state index in [0.29, 0.717) is 24.5 Å². The van der Waals surface area contributed by atoms with Crippen molar-refractivity contribution in [3.63, 3.8) is 0 Å². The van der Waals surface area contributed by atoms with Crippen LogP contribution in [-0.4, -0.2) is 31.3 Å². The van der Waals surface area contributed by atoms with Gasteiger partial charge >= 0.3 is 0 Å². The average molecular weight is 360 g/mol. The molecule has 132 valence electrons. The minimum atomic E-state index is -0.488. The van der Waals surface area contributed by atoms with Gasteiger partial charge in [-0.05, 0) is 31.0 Å². The van der Waals surface area contributed by atoms with Crippen LogP contribution >= 0.6 is 11.6 Å². The summed E-state index contributed by atoms with van der Waals surface area (Å²) in [6, 6.07) is 16.8. The number of ketones is 1. The molecule has 0 aliphatic rings. The first kappa shape index (κ1) is 19.2. The zero-order chi connectivity index (χ0) is 18.2. The lowest BCUT2D eigenvalue weighted by molar-refractivity contribution is -0.885. The number of likely N-dealkylation sites (N-methyl/N-ethyl adjacent to an activating group) is 1. The SMILES string of the molecule is CC(=O)[C@H](Cc1ccccc1)NC(=O)C[NH+](C)Cc1ccc(Cl)cc1. The maximum absolute atomic E-state index is 12.3. The van der Waals surface area contributed by atoms with Gasteiger partial charge in [0.15, 0.2) is 12.3 Å². The maximum atomic E-state index is 12.3. The first-order valence-corrected chi connectivity index (χ1v) is 8.71. The van der Waals surface area contributed by atoms with E-state index in [1.165, 1.54) is 6.92 Å². The molecule has 0 bridgehead atoms. The van der Waals surface area contributed by atoms with Crippen LogP contribution in [0.3, 0.4) is 0 Å². The van der Waals surface area contributed by atoms with E-state index >= 15 is 0 Å². The van der Waals surface area contributed by atoms with Crippen molar-refractivity contribution in [1.29, 1.82) is 0 Å². The Morgan fingerprint density at radius 3 is 2.28 bits per heavy atom. The Hall–Kier alpha value is -2.17. The quantitative estimate of drug-likeness (QED) is 0.753. The molecule has 2 aromatic rings. The zero-order valence-electron chi connectivity index (χ0n) is 14.6. The maximum Gasteiger partial charge on any atom is 0.275 e. The molecule has 0 aliphatic carbocycles. The molecule has 2 N–H and O–H groups in total. The smallest absolute Gasteiger partial charge is 0.275 e. The van der Waals surface area contributed by atoms with Crippen molar-refractivity contribution in [2.24, 2.45) is 0 Å². The Labute approximate surface area is 153 Å². The van der Waals surface area contributed by atoms with Gasteiger partial charge in [-0.2, -0.15) is 0 Å². The number of hydrogen-bond donors (Lipinski definition) is 2. The summed E-state index contributed by atoms with van der Waals surface area (Å²) in [7, 11) is 1.95. The van der Waals surface area contributed by atoms with E-state index in [1.807, 2.05) is 61.6 Å². The molecule has 25 heavy (non-hydrogen) atoms. The van der Waals surface area contributed by atoms with Crippen LogP contribution < -0.4 is 10.2 Å². The molecule has 4 nitrogen and oxygen atoms in total. The van der Waals surface area contributed by atoms with E-state index in [9.17, 15) is 9.59 Å². The summed E-state index contributed by atoms with van der Waals surface area (Å²) < 4.78 is 0. The van der Waals surface area contributed by atoms with Crippen LogP contribution in [0.4, 0.5) is 0 Å². The molecule has 0 heterocycles. The molecule has 0 saturated carbocycles. The third-order valence-electron chi connectivity index (χ3n) is 3.99. The van der Waals surface area contributed by atoms with Crippen molar-refractivity contribution in [3.05, 3.63) is 70.7 Å². The third kappa shape index (κ3) is 6.69. The summed E-state index contributed by atoms with van der Waals surface area (Å²) in [5.74, 6) is -0.157. The molecule has 0 radical (unpaired) electrons. The van der Waals surface area contributed by atoms with E-state index < -0.39 is 6.04 Å². The highest BCUT2D eigenvalue weighted by Crippen LogP contribution is 2.08. The molecule has 0 aliphatic heterocycles. The molecule has 2 aromatic carbocycles. The van der Waals surface area contributed by atoms with Gasteiger partial charge in [0.25, 0.3) is 5.91 Å². The topological polar surface area (TPSA) is 50.6 Å². The van der Waals surface area contributed by atoms with E-state index in [0.717, 1.165) is 16.0 Å². The Morgan fingerprint density at radius 1 is 1.04 bits per heavy atom. The van der Waals surface area contributed by atoms with E-state index in [2.05, 4.69) is 5.32 Å². The van der Waals surface area contributed by atoms with E-state index in [1.54, 1.807) is 0 Å². The monoisotopic (exact) mass is 359 g/mol. The fourth-order valence-electron chi connectivity index (χ4n) is 2.68. The van der Waals surface area contributed by atoms with Crippen LogP contribution in [0.25, 0.3) is 0 Å². The number of rotatable bonds is 8. The van der Waals surface area contributed by atoms with Crippen LogP contribution in [-0.2, 0) is 22.6 Å². The lowest BCUT2D eigenvalue weighted by Crippen LogP contribution is -3.09. The van der Waals surface area contributed by atoms with Gasteiger partial charge in [-0.15, -0.1) is 0 Å². The molecule has 5 heteroatoms. The molecule has 0 fully saturated rings. The predicted molar refractivity (Wildman–Crippen MR) is 99.7 cm³/mol. The lowest BCUT2D eigenvalue weighted by atomic mass is 10.0. The van der Waals surface area contributed by atoms with Gasteiger partial charge in [-0.3, -0.25) is 9.59 Å². The average Bonchev–Trinajstić information content (AvgIpc) is 2.57. The molecule has 0 aromatic heterocycles. The summed E-state index contributed by atoms with van der Waals surface area (Å²) in [6.07, 6.45) is 0.512. The summed E-state index contributed by atoms with van der Waals surface area (Å²) >= 11 is 5.88. The standard InChI is InChI=1S/C20H23ClN2O2/c1-15(24)19(12-16-6-4-3-5-7-16)22-20(25)14-23(2)13-17-8-10-18(21)11-9-17/h3-11,19H,12-14H2,1-2H3,(H,22,25)/p+1/t19-/m0/s1.